The summed E-state index contributed by atoms with van der Waals surface area (Å²) in [6.45, 7) is 5.98. The zero-order valence-corrected chi connectivity index (χ0v) is 35.3. The summed E-state index contributed by atoms with van der Waals surface area (Å²) < 4.78 is 54.2. The third-order valence-electron chi connectivity index (χ3n) is 13.5. The van der Waals surface area contributed by atoms with Crippen LogP contribution in [0.2, 0.25) is 0 Å². The lowest BCUT2D eigenvalue weighted by Gasteiger charge is -2.56. The second-order valence-electron chi connectivity index (χ2n) is 18.2. The summed E-state index contributed by atoms with van der Waals surface area (Å²) in [5.41, 5.74) is 2.14. The topological polar surface area (TPSA) is 132 Å². The van der Waals surface area contributed by atoms with E-state index in [1.807, 2.05) is 0 Å². The van der Waals surface area contributed by atoms with E-state index in [0.29, 0.717) is 24.7 Å². The van der Waals surface area contributed by atoms with Crippen LogP contribution in [0.3, 0.4) is 0 Å². The molecule has 2 fully saturated rings. The van der Waals surface area contributed by atoms with Gasteiger partial charge in [0.25, 0.3) is 0 Å². The van der Waals surface area contributed by atoms with Crippen molar-refractivity contribution in [2.24, 2.45) is 17.3 Å². The van der Waals surface area contributed by atoms with Crippen molar-refractivity contribution in [1.29, 1.82) is 0 Å². The van der Waals surface area contributed by atoms with Gasteiger partial charge in [0.15, 0.2) is 6.29 Å². The second-order valence-corrected chi connectivity index (χ2v) is 18.2. The Bertz CT molecular complexity index is 1060. The highest BCUT2D eigenvalue weighted by atomic mass is 19.4. The molecule has 2 bridgehead atoms. The Morgan fingerprint density at radius 2 is 1.29 bits per heavy atom. The van der Waals surface area contributed by atoms with E-state index in [9.17, 15) is 38.7 Å². The Morgan fingerprint density at radius 1 is 0.768 bits per heavy atom. The molecule has 1 aliphatic heterocycles. The average molecular weight is 806 g/mol. The number of alkyl halides is 3. The van der Waals surface area contributed by atoms with Crippen molar-refractivity contribution in [2.75, 3.05) is 13.2 Å². The minimum Gasteiger partial charge on any atom is -0.394 e. The van der Waals surface area contributed by atoms with Gasteiger partial charge in [-0.05, 0) is 55.8 Å². The molecule has 0 aromatic heterocycles. The first-order chi connectivity index (χ1) is 26.8. The molecule has 1 saturated carbocycles. The van der Waals surface area contributed by atoms with Gasteiger partial charge in [-0.1, -0.05) is 161 Å². The Hall–Kier alpha value is -0.790. The lowest BCUT2D eigenvalue weighted by atomic mass is 9.48. The Kier molecular flexibility index (Phi) is 23.4. The molecule has 6 N–H and O–H groups in total. The largest absolute Gasteiger partial charge is 0.403 e. The molecule has 0 spiro atoms. The van der Waals surface area contributed by atoms with Gasteiger partial charge in [-0.25, -0.2) is 0 Å². The summed E-state index contributed by atoms with van der Waals surface area (Å²) in [6.07, 6.45) is 15.9. The summed E-state index contributed by atoms with van der Waals surface area (Å²) in [4.78, 5) is 0. The molecule has 4 rings (SSSR count). The van der Waals surface area contributed by atoms with Crippen molar-refractivity contribution in [3.8, 4) is 0 Å². The number of allylic oxidation sites excluding steroid dienone is 2. The smallest absolute Gasteiger partial charge is 0.394 e. The second kappa shape index (κ2) is 26.4. The molecule has 8 nitrogen and oxygen atoms in total. The minimum atomic E-state index is -4.54. The Balaban J connectivity index is 1.39. The van der Waals surface area contributed by atoms with Gasteiger partial charge in [0, 0.05) is 0 Å². The van der Waals surface area contributed by atoms with Crippen molar-refractivity contribution in [3.63, 3.8) is 0 Å². The molecule has 0 amide bonds. The zero-order chi connectivity index (χ0) is 41.0. The summed E-state index contributed by atoms with van der Waals surface area (Å²) in [5.74, 6) is 1.64. The molecular weight excluding hydrogens is 723 g/mol. The third-order valence-corrected chi connectivity index (χ3v) is 13.5. The fourth-order valence-electron chi connectivity index (χ4n) is 9.34. The number of fused-ring (bicyclic) bond motifs is 1. The van der Waals surface area contributed by atoms with E-state index in [2.05, 4.69) is 32.2 Å². The molecule has 1 saturated heterocycles. The molecule has 6 unspecified atom stereocenters. The summed E-state index contributed by atoms with van der Waals surface area (Å²) in [5, 5.41) is 54.1. The normalized spacial score (nSPS) is 27.8. The van der Waals surface area contributed by atoms with Crippen LogP contribution in [0.4, 0.5) is 13.2 Å². The summed E-state index contributed by atoms with van der Waals surface area (Å²) in [7, 11) is 0. The highest BCUT2D eigenvalue weighted by Crippen LogP contribution is 2.60. The fourth-order valence-corrected chi connectivity index (χ4v) is 9.34. The number of unbranched alkanes of at least 4 members (excludes halogenated alkanes) is 19. The minimum absolute atomic E-state index is 0.126. The maximum atomic E-state index is 14.4. The quantitative estimate of drug-likeness (QED) is 0.0293. The van der Waals surface area contributed by atoms with Crippen LogP contribution in [-0.2, 0) is 9.47 Å². The van der Waals surface area contributed by atoms with Gasteiger partial charge in [0.2, 0.25) is 0 Å². The molecule has 11 heteroatoms. The maximum Gasteiger partial charge on any atom is 0.403 e. The van der Waals surface area contributed by atoms with Gasteiger partial charge in [0.1, 0.15) is 30.5 Å². The van der Waals surface area contributed by atoms with Crippen molar-refractivity contribution in [2.45, 2.75) is 243 Å². The fraction of sp³-hybridized carbons (Fsp3) is 0.956. The third kappa shape index (κ3) is 16.7. The average Bonchev–Trinajstić information content (AvgIpc) is 3.17. The number of hydrogen-bond donors (Lipinski definition) is 6. The van der Waals surface area contributed by atoms with Crippen LogP contribution in [0, 0.1) is 17.3 Å². The van der Waals surface area contributed by atoms with Crippen LogP contribution in [0.25, 0.3) is 0 Å². The predicted molar refractivity (Wildman–Crippen MR) is 217 cm³/mol. The van der Waals surface area contributed by atoms with Gasteiger partial charge in [0.05, 0.1) is 25.4 Å². The molecule has 56 heavy (non-hydrogen) atoms. The van der Waals surface area contributed by atoms with Crippen LogP contribution in [0.1, 0.15) is 188 Å². The van der Waals surface area contributed by atoms with Crippen molar-refractivity contribution in [1.82, 2.24) is 5.32 Å². The molecule has 4 aliphatic rings. The van der Waals surface area contributed by atoms with E-state index in [-0.39, 0.29) is 12.8 Å². The summed E-state index contributed by atoms with van der Waals surface area (Å²) >= 11 is 0. The number of hydrogen-bond acceptors (Lipinski definition) is 8. The van der Waals surface area contributed by atoms with E-state index in [4.69, 9.17) is 9.47 Å². The van der Waals surface area contributed by atoms with Crippen LogP contribution in [-0.4, -0.2) is 93.8 Å². The number of aliphatic hydroxyl groups is 5. The van der Waals surface area contributed by atoms with Gasteiger partial charge < -0.3 is 35.0 Å². The van der Waals surface area contributed by atoms with Crippen molar-refractivity contribution >= 4 is 0 Å². The maximum absolute atomic E-state index is 14.4. The first-order valence-electron chi connectivity index (χ1n) is 22.9. The van der Waals surface area contributed by atoms with Crippen molar-refractivity contribution in [3.05, 3.63) is 11.6 Å². The number of nitrogens with one attached hydrogen (secondary N) is 1. The van der Waals surface area contributed by atoms with Gasteiger partial charge in [-0.3, -0.25) is 5.32 Å². The summed E-state index contributed by atoms with van der Waals surface area (Å²) in [6, 6.07) is -2.97. The molecule has 0 aromatic rings. The van der Waals surface area contributed by atoms with Crippen LogP contribution in [0.5, 0.6) is 0 Å². The van der Waals surface area contributed by atoms with E-state index < -0.39 is 68.3 Å². The zero-order valence-electron chi connectivity index (χ0n) is 35.3. The van der Waals surface area contributed by atoms with Gasteiger partial charge >= 0.3 is 6.18 Å². The number of aliphatic hydroxyl groups excluding tert-OH is 5. The standard InChI is InChI=1S/C45H82F3NO7/c1-4-5-6-7-8-9-10-11-12-13-17-20-23-26-37(51)36(32-55-43-42(54)41(53)40(52)38(31-50)56-43)49-39(45(46,47)48)27-24-21-18-15-14-16-19-22-25-33-28-29-34-30-35(33)44(34,2)3/h28,34-43,49-54H,4-27,29-32H2,1-3H3/t34-,35-,36-,37+,38?,39?,40?,41?,42?,43?/m0/s1. The molecule has 0 aromatic carbocycles. The molecule has 1 heterocycles. The molecule has 0 radical (unpaired) electrons. The highest BCUT2D eigenvalue weighted by Gasteiger charge is 2.50. The molecule has 330 valence electrons. The van der Waals surface area contributed by atoms with Crippen molar-refractivity contribution < 1.29 is 48.2 Å². The molecule has 10 atom stereocenters. The van der Waals surface area contributed by atoms with Crippen LogP contribution < -0.4 is 5.32 Å². The SMILES string of the molecule is CCCCCCCCCCCCCCC[C@@H](O)[C@H](COC1OC(CO)C(O)C(O)C1O)NC(CCCCCCCCCCC1=CC[C@H]2C[C@@H]1C2(C)C)C(F)(F)F. The highest BCUT2D eigenvalue weighted by molar-refractivity contribution is 5.23. The van der Waals surface area contributed by atoms with Gasteiger partial charge in [-0.2, -0.15) is 13.2 Å². The number of ether oxygens (including phenoxy) is 2. The number of rotatable bonds is 32. The monoisotopic (exact) mass is 806 g/mol. The van der Waals surface area contributed by atoms with E-state index in [1.54, 1.807) is 5.57 Å². The van der Waals surface area contributed by atoms with E-state index in [1.165, 1.54) is 89.9 Å². The Morgan fingerprint density at radius 3 is 1.79 bits per heavy atom. The first kappa shape index (κ1) is 49.6. The van der Waals surface area contributed by atoms with Crippen LogP contribution >= 0.6 is 0 Å². The molecular formula is C45H82F3NO7. The lowest BCUT2D eigenvalue weighted by Crippen LogP contribution is -2.60. The number of halogens is 3. The first-order valence-corrected chi connectivity index (χ1v) is 22.9. The molecule has 3 aliphatic carbocycles. The lowest BCUT2D eigenvalue weighted by molar-refractivity contribution is -0.303. The predicted octanol–water partition coefficient (Wildman–Crippen LogP) is 9.43. The van der Waals surface area contributed by atoms with E-state index in [0.717, 1.165) is 56.8 Å². The Labute approximate surface area is 337 Å². The van der Waals surface area contributed by atoms with Gasteiger partial charge in [-0.15, -0.1) is 0 Å². The van der Waals surface area contributed by atoms with Crippen LogP contribution in [0.15, 0.2) is 11.6 Å². The van der Waals surface area contributed by atoms with E-state index >= 15 is 0 Å².